The topological polar surface area (TPSA) is 46.2 Å². The standard InChI is InChI=1S/C18H17NO2/c1-12(20)14-8-5-9-15(10-14)19-18(21)17-11-16(17)13-6-3-2-4-7-13/h2-10,16-17H,11H2,1H3,(H,19,21)/t16-,17-/m1/s1. The second-order valence-electron chi connectivity index (χ2n) is 5.49. The Morgan fingerprint density at radius 3 is 2.52 bits per heavy atom. The van der Waals surface area contributed by atoms with Crippen LogP contribution in [0.1, 0.15) is 35.2 Å². The van der Waals surface area contributed by atoms with Gasteiger partial charge < -0.3 is 5.32 Å². The monoisotopic (exact) mass is 279 g/mol. The molecule has 0 unspecified atom stereocenters. The van der Waals surface area contributed by atoms with Crippen LogP contribution in [-0.2, 0) is 4.79 Å². The summed E-state index contributed by atoms with van der Waals surface area (Å²) in [5.41, 5.74) is 2.52. The second kappa shape index (κ2) is 5.52. The van der Waals surface area contributed by atoms with Gasteiger partial charge in [-0.2, -0.15) is 0 Å². The fourth-order valence-electron chi connectivity index (χ4n) is 2.60. The first-order valence-electron chi connectivity index (χ1n) is 7.12. The molecule has 2 aromatic rings. The number of anilines is 1. The molecular weight excluding hydrogens is 262 g/mol. The van der Waals surface area contributed by atoms with Gasteiger partial charge in [0.2, 0.25) is 5.91 Å². The molecule has 3 nitrogen and oxygen atoms in total. The van der Waals surface area contributed by atoms with E-state index >= 15 is 0 Å². The number of hydrogen-bond donors (Lipinski definition) is 1. The first-order valence-corrected chi connectivity index (χ1v) is 7.12. The molecule has 1 N–H and O–H groups in total. The van der Waals surface area contributed by atoms with Gasteiger partial charge in [0.05, 0.1) is 0 Å². The Morgan fingerprint density at radius 1 is 1.05 bits per heavy atom. The zero-order valence-electron chi connectivity index (χ0n) is 11.9. The smallest absolute Gasteiger partial charge is 0.228 e. The molecule has 0 radical (unpaired) electrons. The molecule has 1 amide bonds. The molecule has 0 aromatic heterocycles. The summed E-state index contributed by atoms with van der Waals surface area (Å²) in [4.78, 5) is 23.6. The third-order valence-corrected chi connectivity index (χ3v) is 3.89. The Balaban J connectivity index is 1.66. The molecule has 0 bridgehead atoms. The quantitative estimate of drug-likeness (QED) is 0.869. The Bertz CT molecular complexity index is 679. The summed E-state index contributed by atoms with van der Waals surface area (Å²) >= 11 is 0. The van der Waals surface area contributed by atoms with Crippen molar-refractivity contribution in [3.63, 3.8) is 0 Å². The number of carbonyl (C=O) groups is 2. The van der Waals surface area contributed by atoms with E-state index in [1.54, 1.807) is 18.2 Å². The molecule has 2 aromatic carbocycles. The van der Waals surface area contributed by atoms with Crippen LogP contribution >= 0.6 is 0 Å². The van der Waals surface area contributed by atoms with Crippen LogP contribution in [0.15, 0.2) is 54.6 Å². The molecule has 1 saturated carbocycles. The Hall–Kier alpha value is -2.42. The average molecular weight is 279 g/mol. The number of carbonyl (C=O) groups excluding carboxylic acids is 2. The van der Waals surface area contributed by atoms with Gasteiger partial charge >= 0.3 is 0 Å². The Kier molecular flexibility index (Phi) is 3.57. The maximum absolute atomic E-state index is 12.2. The summed E-state index contributed by atoms with van der Waals surface area (Å²) in [6.07, 6.45) is 0.891. The van der Waals surface area contributed by atoms with Gasteiger partial charge in [-0.3, -0.25) is 9.59 Å². The van der Waals surface area contributed by atoms with Crippen molar-refractivity contribution in [2.75, 3.05) is 5.32 Å². The molecule has 0 saturated heterocycles. The lowest BCUT2D eigenvalue weighted by Crippen LogP contribution is -2.14. The third-order valence-electron chi connectivity index (χ3n) is 3.89. The fraction of sp³-hybridized carbons (Fsp3) is 0.222. The fourth-order valence-corrected chi connectivity index (χ4v) is 2.60. The van der Waals surface area contributed by atoms with Crippen molar-refractivity contribution in [2.24, 2.45) is 5.92 Å². The molecule has 1 aliphatic rings. The number of ketones is 1. The summed E-state index contributed by atoms with van der Waals surface area (Å²) in [5.74, 6) is 0.389. The highest BCUT2D eigenvalue weighted by atomic mass is 16.2. The number of Topliss-reactive ketones (excluding diaryl/α,β-unsaturated/α-hetero) is 1. The van der Waals surface area contributed by atoms with E-state index < -0.39 is 0 Å². The van der Waals surface area contributed by atoms with Crippen molar-refractivity contribution in [3.05, 3.63) is 65.7 Å². The van der Waals surface area contributed by atoms with E-state index in [1.807, 2.05) is 24.3 Å². The van der Waals surface area contributed by atoms with Crippen molar-refractivity contribution in [3.8, 4) is 0 Å². The van der Waals surface area contributed by atoms with Crippen LogP contribution in [0.2, 0.25) is 0 Å². The van der Waals surface area contributed by atoms with Gasteiger partial charge in [-0.1, -0.05) is 42.5 Å². The van der Waals surface area contributed by atoms with E-state index in [9.17, 15) is 9.59 Å². The number of rotatable bonds is 4. The Morgan fingerprint density at radius 2 is 1.81 bits per heavy atom. The summed E-state index contributed by atoms with van der Waals surface area (Å²) in [6, 6.07) is 17.2. The number of amides is 1. The van der Waals surface area contributed by atoms with E-state index in [4.69, 9.17) is 0 Å². The van der Waals surface area contributed by atoms with Crippen LogP contribution in [0, 0.1) is 5.92 Å². The van der Waals surface area contributed by atoms with Gasteiger partial charge in [-0.25, -0.2) is 0 Å². The van der Waals surface area contributed by atoms with Gasteiger partial charge in [0.25, 0.3) is 0 Å². The highest BCUT2D eigenvalue weighted by Gasteiger charge is 2.43. The second-order valence-corrected chi connectivity index (χ2v) is 5.49. The molecular formula is C18H17NO2. The highest BCUT2D eigenvalue weighted by molar-refractivity contribution is 5.98. The molecule has 106 valence electrons. The third kappa shape index (κ3) is 3.02. The molecule has 1 fully saturated rings. The van der Waals surface area contributed by atoms with Crippen LogP contribution in [0.5, 0.6) is 0 Å². The minimum atomic E-state index is -0.000294. The minimum Gasteiger partial charge on any atom is -0.326 e. The maximum atomic E-state index is 12.2. The molecule has 0 aliphatic heterocycles. The van der Waals surface area contributed by atoms with E-state index in [2.05, 4.69) is 17.4 Å². The number of benzene rings is 2. The van der Waals surface area contributed by atoms with Crippen molar-refractivity contribution >= 4 is 17.4 Å². The molecule has 21 heavy (non-hydrogen) atoms. The summed E-state index contributed by atoms with van der Waals surface area (Å²) in [7, 11) is 0. The zero-order valence-corrected chi connectivity index (χ0v) is 11.9. The molecule has 3 rings (SSSR count). The minimum absolute atomic E-state index is 0.000294. The van der Waals surface area contributed by atoms with Crippen LogP contribution in [0.4, 0.5) is 5.69 Å². The molecule has 1 aliphatic carbocycles. The van der Waals surface area contributed by atoms with Gasteiger partial charge in [0.15, 0.2) is 5.78 Å². The molecule has 3 heteroatoms. The van der Waals surface area contributed by atoms with E-state index in [1.165, 1.54) is 12.5 Å². The average Bonchev–Trinajstić information content (AvgIpc) is 3.29. The Labute approximate surface area is 124 Å². The molecule has 0 heterocycles. The van der Waals surface area contributed by atoms with Crippen LogP contribution in [0.3, 0.4) is 0 Å². The van der Waals surface area contributed by atoms with E-state index in [-0.39, 0.29) is 17.6 Å². The van der Waals surface area contributed by atoms with Gasteiger partial charge in [0, 0.05) is 17.2 Å². The predicted molar refractivity (Wildman–Crippen MR) is 82.4 cm³/mol. The summed E-state index contributed by atoms with van der Waals surface area (Å²) in [6.45, 7) is 1.52. The molecule has 0 spiro atoms. The number of nitrogens with one attached hydrogen (secondary N) is 1. The van der Waals surface area contributed by atoms with Crippen molar-refractivity contribution in [2.45, 2.75) is 19.3 Å². The highest BCUT2D eigenvalue weighted by Crippen LogP contribution is 2.47. The van der Waals surface area contributed by atoms with Crippen molar-refractivity contribution in [1.29, 1.82) is 0 Å². The van der Waals surface area contributed by atoms with Crippen molar-refractivity contribution in [1.82, 2.24) is 0 Å². The lowest BCUT2D eigenvalue weighted by molar-refractivity contribution is -0.117. The summed E-state index contributed by atoms with van der Waals surface area (Å²) < 4.78 is 0. The van der Waals surface area contributed by atoms with Gasteiger partial charge in [0.1, 0.15) is 0 Å². The maximum Gasteiger partial charge on any atom is 0.228 e. The van der Waals surface area contributed by atoms with E-state index in [0.717, 1.165) is 6.42 Å². The van der Waals surface area contributed by atoms with Gasteiger partial charge in [-0.15, -0.1) is 0 Å². The SMILES string of the molecule is CC(=O)c1cccc(NC(=O)[C@@H]2C[C@@H]2c2ccccc2)c1. The normalized spacial score (nSPS) is 19.9. The number of hydrogen-bond acceptors (Lipinski definition) is 2. The predicted octanol–water partition coefficient (Wildman–Crippen LogP) is 3.63. The zero-order chi connectivity index (χ0) is 14.8. The largest absolute Gasteiger partial charge is 0.326 e. The molecule has 2 atom stereocenters. The lowest BCUT2D eigenvalue weighted by Gasteiger charge is -2.06. The van der Waals surface area contributed by atoms with Crippen LogP contribution in [0.25, 0.3) is 0 Å². The first-order chi connectivity index (χ1) is 10.1. The van der Waals surface area contributed by atoms with Crippen molar-refractivity contribution < 1.29 is 9.59 Å². The van der Waals surface area contributed by atoms with Gasteiger partial charge in [-0.05, 0) is 37.0 Å². The van der Waals surface area contributed by atoms with Crippen LogP contribution < -0.4 is 5.32 Å². The van der Waals surface area contributed by atoms with Crippen LogP contribution in [-0.4, -0.2) is 11.7 Å². The first kappa shape index (κ1) is 13.6. The summed E-state index contributed by atoms with van der Waals surface area (Å²) in [5, 5.41) is 2.91. The van der Waals surface area contributed by atoms with E-state index in [0.29, 0.717) is 17.2 Å². The lowest BCUT2D eigenvalue weighted by atomic mass is 10.1.